The summed E-state index contributed by atoms with van der Waals surface area (Å²) < 4.78 is 7.55. The summed E-state index contributed by atoms with van der Waals surface area (Å²) in [5.74, 6) is 1.92. The molecule has 1 saturated heterocycles. The molecule has 162 valence electrons. The molecule has 1 aromatic heterocycles. The van der Waals surface area contributed by atoms with Crippen LogP contribution >= 0.6 is 11.8 Å². The van der Waals surface area contributed by atoms with Crippen molar-refractivity contribution in [2.24, 2.45) is 0 Å². The average molecular weight is 437 g/mol. The minimum absolute atomic E-state index is 0.158. The summed E-state index contributed by atoms with van der Waals surface area (Å²) in [7, 11) is 1.65. The van der Waals surface area contributed by atoms with Gasteiger partial charge < -0.3 is 9.64 Å². The molecule has 1 amide bonds. The van der Waals surface area contributed by atoms with Gasteiger partial charge in [0, 0.05) is 17.8 Å². The van der Waals surface area contributed by atoms with Crippen LogP contribution in [0, 0.1) is 0 Å². The van der Waals surface area contributed by atoms with Crippen LogP contribution in [-0.4, -0.2) is 50.5 Å². The molecule has 1 fully saturated rings. The molecular weight excluding hydrogens is 408 g/mol. The Labute approximate surface area is 187 Å². The Morgan fingerprint density at radius 1 is 1.03 bits per heavy atom. The van der Waals surface area contributed by atoms with Gasteiger partial charge >= 0.3 is 0 Å². The first-order valence-electron chi connectivity index (χ1n) is 10.7. The lowest BCUT2D eigenvalue weighted by atomic mass is 9.98. The van der Waals surface area contributed by atoms with E-state index >= 15 is 0 Å². The van der Waals surface area contributed by atoms with Crippen LogP contribution in [0.5, 0.6) is 5.75 Å². The summed E-state index contributed by atoms with van der Waals surface area (Å²) in [6.07, 6.45) is 3.32. The predicted molar refractivity (Wildman–Crippen MR) is 124 cm³/mol. The zero-order valence-electron chi connectivity index (χ0n) is 18.2. The maximum Gasteiger partial charge on any atom is 0.233 e. The smallest absolute Gasteiger partial charge is 0.233 e. The van der Waals surface area contributed by atoms with E-state index in [0.29, 0.717) is 16.7 Å². The highest BCUT2D eigenvalue weighted by Gasteiger charge is 2.29. The van der Waals surface area contributed by atoms with Crippen molar-refractivity contribution in [3.05, 3.63) is 54.6 Å². The minimum atomic E-state index is 0.158. The summed E-state index contributed by atoms with van der Waals surface area (Å²) in [5, 5.41) is 9.62. The fourth-order valence-corrected chi connectivity index (χ4v) is 5.11. The van der Waals surface area contributed by atoms with Crippen LogP contribution in [0.1, 0.15) is 33.1 Å². The number of methoxy groups -OCH3 is 1. The molecule has 4 rings (SSSR count). The number of carbonyl (C=O) groups excluding carboxylic acids is 1. The van der Waals surface area contributed by atoms with E-state index in [4.69, 9.17) is 4.74 Å². The van der Waals surface area contributed by atoms with Crippen molar-refractivity contribution in [1.82, 2.24) is 19.7 Å². The fourth-order valence-electron chi connectivity index (χ4n) is 4.29. The molecule has 3 aromatic rings. The molecule has 2 heterocycles. The Bertz CT molecular complexity index is 1030. The van der Waals surface area contributed by atoms with Crippen molar-refractivity contribution in [2.75, 3.05) is 12.9 Å². The lowest BCUT2D eigenvalue weighted by Crippen LogP contribution is -2.48. The maximum atomic E-state index is 13.0. The molecule has 1 aliphatic heterocycles. The Morgan fingerprint density at radius 2 is 1.71 bits per heavy atom. The number of benzene rings is 2. The Balaban J connectivity index is 1.65. The number of carbonyl (C=O) groups is 1. The molecule has 0 aliphatic carbocycles. The number of ether oxygens (including phenoxy) is 1. The highest BCUT2D eigenvalue weighted by Crippen LogP contribution is 2.33. The van der Waals surface area contributed by atoms with Crippen LogP contribution in [0.4, 0.5) is 0 Å². The van der Waals surface area contributed by atoms with Crippen molar-refractivity contribution in [1.29, 1.82) is 0 Å². The fraction of sp³-hybridized carbons (Fsp3) is 0.375. The molecule has 2 atom stereocenters. The van der Waals surface area contributed by atoms with Gasteiger partial charge in [-0.25, -0.2) is 0 Å². The van der Waals surface area contributed by atoms with E-state index < -0.39 is 0 Å². The number of nitrogens with zero attached hydrogens (tertiary/aromatic N) is 4. The number of para-hydroxylation sites is 2. The summed E-state index contributed by atoms with van der Waals surface area (Å²) in [6.45, 7) is 4.29. The van der Waals surface area contributed by atoms with Gasteiger partial charge in [-0.15, -0.1) is 10.2 Å². The lowest BCUT2D eigenvalue weighted by Gasteiger charge is -2.39. The summed E-state index contributed by atoms with van der Waals surface area (Å²) >= 11 is 1.43. The van der Waals surface area contributed by atoms with Crippen molar-refractivity contribution in [3.63, 3.8) is 0 Å². The molecule has 2 aromatic carbocycles. The molecule has 6 nitrogen and oxygen atoms in total. The van der Waals surface area contributed by atoms with Crippen LogP contribution in [-0.2, 0) is 4.79 Å². The van der Waals surface area contributed by atoms with E-state index in [-0.39, 0.29) is 18.0 Å². The second-order valence-corrected chi connectivity index (χ2v) is 8.84. The molecule has 0 spiro atoms. The molecule has 31 heavy (non-hydrogen) atoms. The number of aromatic nitrogens is 3. The summed E-state index contributed by atoms with van der Waals surface area (Å²) in [4.78, 5) is 15.1. The number of amides is 1. The number of thioether (sulfide) groups is 1. The van der Waals surface area contributed by atoms with Gasteiger partial charge in [-0.05, 0) is 57.4 Å². The van der Waals surface area contributed by atoms with E-state index in [0.717, 1.165) is 29.8 Å². The van der Waals surface area contributed by atoms with Crippen LogP contribution in [0.3, 0.4) is 0 Å². The van der Waals surface area contributed by atoms with E-state index in [1.165, 1.54) is 18.2 Å². The summed E-state index contributed by atoms with van der Waals surface area (Å²) in [6, 6.07) is 18.3. The third kappa shape index (κ3) is 4.46. The molecule has 0 bridgehead atoms. The molecule has 0 unspecified atom stereocenters. The summed E-state index contributed by atoms with van der Waals surface area (Å²) in [5.41, 5.74) is 1.81. The monoisotopic (exact) mass is 436 g/mol. The van der Waals surface area contributed by atoms with Crippen LogP contribution in [0.2, 0.25) is 0 Å². The van der Waals surface area contributed by atoms with Gasteiger partial charge in [0.05, 0.1) is 18.4 Å². The predicted octanol–water partition coefficient (Wildman–Crippen LogP) is 4.82. The maximum absolute atomic E-state index is 13.0. The Hall–Kier alpha value is -2.80. The quantitative estimate of drug-likeness (QED) is 0.518. The van der Waals surface area contributed by atoms with Gasteiger partial charge in [0.15, 0.2) is 11.0 Å². The average Bonchev–Trinajstić information content (AvgIpc) is 3.22. The van der Waals surface area contributed by atoms with Gasteiger partial charge in [0.25, 0.3) is 0 Å². The standard InChI is InChI=1S/C24H28N4O2S/c1-17-10-9-11-18(2)27(17)22(29)16-31-24-26-25-23(20-14-7-8-15-21(20)30-3)28(24)19-12-5-4-6-13-19/h4-8,12-15,17-18H,9-11,16H2,1-3H3/t17-,18-/m0/s1. The van der Waals surface area contributed by atoms with Gasteiger partial charge in [-0.3, -0.25) is 9.36 Å². The SMILES string of the molecule is COc1ccccc1-c1nnc(SCC(=O)N2[C@@H](C)CCC[C@@H]2C)n1-c1ccccc1. The topological polar surface area (TPSA) is 60.3 Å². The highest BCUT2D eigenvalue weighted by atomic mass is 32.2. The molecule has 0 radical (unpaired) electrons. The first kappa shape index (κ1) is 21.4. The molecule has 0 saturated carbocycles. The lowest BCUT2D eigenvalue weighted by molar-refractivity contribution is -0.134. The van der Waals surface area contributed by atoms with Gasteiger partial charge in [-0.2, -0.15) is 0 Å². The van der Waals surface area contributed by atoms with Gasteiger partial charge in [0.2, 0.25) is 5.91 Å². The van der Waals surface area contributed by atoms with E-state index in [1.54, 1.807) is 7.11 Å². The number of hydrogen-bond donors (Lipinski definition) is 0. The minimum Gasteiger partial charge on any atom is -0.496 e. The second-order valence-electron chi connectivity index (χ2n) is 7.90. The Morgan fingerprint density at radius 3 is 2.42 bits per heavy atom. The largest absolute Gasteiger partial charge is 0.496 e. The van der Waals surface area contributed by atoms with Crippen molar-refractivity contribution >= 4 is 17.7 Å². The van der Waals surface area contributed by atoms with Crippen molar-refractivity contribution < 1.29 is 9.53 Å². The zero-order chi connectivity index (χ0) is 21.8. The van der Waals surface area contributed by atoms with Crippen LogP contribution in [0.25, 0.3) is 17.1 Å². The molecule has 0 N–H and O–H groups in total. The third-order valence-corrected chi connectivity index (χ3v) is 6.72. The highest BCUT2D eigenvalue weighted by molar-refractivity contribution is 7.99. The van der Waals surface area contributed by atoms with Crippen LogP contribution < -0.4 is 4.74 Å². The third-order valence-electron chi connectivity index (χ3n) is 5.80. The molecule has 1 aliphatic rings. The van der Waals surface area contributed by atoms with Crippen molar-refractivity contribution in [2.45, 2.75) is 50.4 Å². The van der Waals surface area contributed by atoms with E-state index in [9.17, 15) is 4.79 Å². The first-order chi connectivity index (χ1) is 15.1. The number of rotatable bonds is 6. The second kappa shape index (κ2) is 9.56. The van der Waals surface area contributed by atoms with E-state index in [1.807, 2.05) is 64.1 Å². The molecular formula is C24H28N4O2S. The van der Waals surface area contributed by atoms with Crippen molar-refractivity contribution in [3.8, 4) is 22.8 Å². The first-order valence-corrected chi connectivity index (χ1v) is 11.7. The molecule has 7 heteroatoms. The normalized spacial score (nSPS) is 18.7. The number of hydrogen-bond acceptors (Lipinski definition) is 5. The van der Waals surface area contributed by atoms with Crippen LogP contribution in [0.15, 0.2) is 59.8 Å². The number of likely N-dealkylation sites (tertiary alicyclic amines) is 1. The van der Waals surface area contributed by atoms with Gasteiger partial charge in [-0.1, -0.05) is 42.1 Å². The number of piperidine rings is 1. The Kier molecular flexibility index (Phi) is 6.61. The zero-order valence-corrected chi connectivity index (χ0v) is 19.0. The van der Waals surface area contributed by atoms with E-state index in [2.05, 4.69) is 24.0 Å². The van der Waals surface area contributed by atoms with Gasteiger partial charge in [0.1, 0.15) is 5.75 Å².